The van der Waals surface area contributed by atoms with Crippen LogP contribution < -0.4 is 10.1 Å². The van der Waals surface area contributed by atoms with Gasteiger partial charge in [0.05, 0.1) is 24.3 Å². The molecule has 1 aliphatic rings. The first-order chi connectivity index (χ1) is 8.02. The van der Waals surface area contributed by atoms with Crippen LogP contribution in [0.15, 0.2) is 23.1 Å². The van der Waals surface area contributed by atoms with Gasteiger partial charge >= 0.3 is 0 Å². The van der Waals surface area contributed by atoms with Crippen LogP contribution in [0.2, 0.25) is 0 Å². The fraction of sp³-hybridized carbons (Fsp3) is 0.455. The first kappa shape index (κ1) is 12.2. The van der Waals surface area contributed by atoms with Crippen LogP contribution >= 0.6 is 0 Å². The molecule has 5 nitrogen and oxygen atoms in total. The fourth-order valence-electron chi connectivity index (χ4n) is 2.07. The third-order valence-electron chi connectivity index (χ3n) is 3.02. The first-order valence-electron chi connectivity index (χ1n) is 5.30. The largest absolute Gasteiger partial charge is 0.495 e. The predicted molar refractivity (Wildman–Crippen MR) is 64.1 cm³/mol. The minimum Gasteiger partial charge on any atom is -0.495 e. The summed E-state index contributed by atoms with van der Waals surface area (Å²) in [4.78, 5) is 0.189. The van der Waals surface area contributed by atoms with Crippen molar-refractivity contribution in [3.8, 4) is 5.75 Å². The summed E-state index contributed by atoms with van der Waals surface area (Å²) >= 11 is 0. The van der Waals surface area contributed by atoms with Crippen molar-refractivity contribution < 1.29 is 18.3 Å². The van der Waals surface area contributed by atoms with E-state index in [0.717, 1.165) is 0 Å². The summed E-state index contributed by atoms with van der Waals surface area (Å²) in [5, 5.41) is 11.5. The van der Waals surface area contributed by atoms with Crippen molar-refractivity contribution in [2.75, 3.05) is 19.0 Å². The molecule has 17 heavy (non-hydrogen) atoms. The Kier molecular flexibility index (Phi) is 3.01. The standard InChI is InChI=1S/C11H15NO4S/c1-7-10(6-13)17(14,15)9-5-3-4-8(16-2)11(9)12-7/h3-5,7,10,12-13H,6H2,1-2H3. The van der Waals surface area contributed by atoms with E-state index in [0.29, 0.717) is 11.4 Å². The molecule has 0 radical (unpaired) electrons. The van der Waals surface area contributed by atoms with Gasteiger partial charge in [-0.3, -0.25) is 0 Å². The number of ether oxygens (including phenoxy) is 1. The van der Waals surface area contributed by atoms with Gasteiger partial charge in [0.25, 0.3) is 0 Å². The quantitative estimate of drug-likeness (QED) is 0.813. The number of aliphatic hydroxyl groups is 1. The van der Waals surface area contributed by atoms with E-state index in [-0.39, 0.29) is 10.9 Å². The number of nitrogens with one attached hydrogen (secondary N) is 1. The van der Waals surface area contributed by atoms with Gasteiger partial charge in [0.2, 0.25) is 0 Å². The lowest BCUT2D eigenvalue weighted by Gasteiger charge is -2.31. The van der Waals surface area contributed by atoms with Crippen LogP contribution in [-0.4, -0.2) is 38.5 Å². The Bertz CT molecular complexity index is 526. The van der Waals surface area contributed by atoms with Crippen molar-refractivity contribution >= 4 is 15.5 Å². The van der Waals surface area contributed by atoms with Crippen molar-refractivity contribution in [3.63, 3.8) is 0 Å². The summed E-state index contributed by atoms with van der Waals surface area (Å²) < 4.78 is 29.7. The van der Waals surface area contributed by atoms with E-state index in [1.807, 2.05) is 0 Å². The summed E-state index contributed by atoms with van der Waals surface area (Å²) in [7, 11) is -2.01. The van der Waals surface area contributed by atoms with E-state index in [9.17, 15) is 13.5 Å². The SMILES string of the molecule is COc1cccc2c1NC(C)C(CO)S2(=O)=O. The maximum atomic E-state index is 12.3. The number of hydrogen-bond acceptors (Lipinski definition) is 5. The molecule has 1 aliphatic heterocycles. The predicted octanol–water partition coefficient (Wildman–Crippen LogP) is 0.644. The van der Waals surface area contributed by atoms with Gasteiger partial charge in [-0.15, -0.1) is 0 Å². The molecule has 0 spiro atoms. The highest BCUT2D eigenvalue weighted by atomic mass is 32.2. The van der Waals surface area contributed by atoms with E-state index in [2.05, 4.69) is 5.32 Å². The van der Waals surface area contributed by atoms with Crippen molar-refractivity contribution in [3.05, 3.63) is 18.2 Å². The maximum absolute atomic E-state index is 12.3. The smallest absolute Gasteiger partial charge is 0.187 e. The second-order valence-electron chi connectivity index (χ2n) is 4.03. The number of benzene rings is 1. The molecule has 0 amide bonds. The molecule has 6 heteroatoms. The number of fused-ring (bicyclic) bond motifs is 1. The highest BCUT2D eigenvalue weighted by molar-refractivity contribution is 7.92. The maximum Gasteiger partial charge on any atom is 0.187 e. The number of anilines is 1. The lowest BCUT2D eigenvalue weighted by atomic mass is 10.2. The van der Waals surface area contributed by atoms with E-state index in [4.69, 9.17) is 4.74 Å². The molecular formula is C11H15NO4S. The molecule has 0 bridgehead atoms. The number of rotatable bonds is 2. The van der Waals surface area contributed by atoms with Gasteiger partial charge in [-0.1, -0.05) is 6.07 Å². The second-order valence-corrected chi connectivity index (χ2v) is 6.17. The van der Waals surface area contributed by atoms with Crippen LogP contribution in [0.5, 0.6) is 5.75 Å². The molecule has 1 heterocycles. The van der Waals surface area contributed by atoms with Crippen molar-refractivity contribution in [2.24, 2.45) is 0 Å². The topological polar surface area (TPSA) is 75.6 Å². The molecular weight excluding hydrogens is 242 g/mol. The Labute approximate surface area is 100 Å². The Morgan fingerprint density at radius 1 is 1.47 bits per heavy atom. The number of para-hydroxylation sites is 1. The Morgan fingerprint density at radius 2 is 2.18 bits per heavy atom. The summed E-state index contributed by atoms with van der Waals surface area (Å²) in [6.45, 7) is 1.33. The van der Waals surface area contributed by atoms with Gasteiger partial charge in [-0.25, -0.2) is 8.42 Å². The molecule has 1 aromatic carbocycles. The summed E-state index contributed by atoms with van der Waals surface area (Å²) in [6.07, 6.45) is 0. The van der Waals surface area contributed by atoms with E-state index >= 15 is 0 Å². The zero-order valence-electron chi connectivity index (χ0n) is 9.67. The van der Waals surface area contributed by atoms with Gasteiger partial charge in [-0.05, 0) is 19.1 Å². The van der Waals surface area contributed by atoms with E-state index in [1.54, 1.807) is 19.1 Å². The van der Waals surface area contributed by atoms with Gasteiger partial charge in [0, 0.05) is 6.04 Å². The van der Waals surface area contributed by atoms with Crippen LogP contribution in [0.1, 0.15) is 6.92 Å². The molecule has 2 atom stereocenters. The monoisotopic (exact) mass is 257 g/mol. The van der Waals surface area contributed by atoms with Gasteiger partial charge in [-0.2, -0.15) is 0 Å². The molecule has 2 N–H and O–H groups in total. The van der Waals surface area contributed by atoms with Crippen LogP contribution in [0.25, 0.3) is 0 Å². The normalized spacial score (nSPS) is 25.8. The minimum atomic E-state index is -3.51. The summed E-state index contributed by atoms with van der Waals surface area (Å²) in [5.74, 6) is 0.495. The van der Waals surface area contributed by atoms with Crippen LogP contribution in [-0.2, 0) is 9.84 Å². The number of aliphatic hydroxyl groups excluding tert-OH is 1. The molecule has 2 rings (SSSR count). The molecule has 1 aromatic rings. The van der Waals surface area contributed by atoms with Crippen molar-refractivity contribution in [1.29, 1.82) is 0 Å². The third kappa shape index (κ3) is 1.77. The van der Waals surface area contributed by atoms with E-state index in [1.165, 1.54) is 13.2 Å². The second kappa shape index (κ2) is 4.19. The average Bonchev–Trinajstić information content (AvgIpc) is 2.28. The lowest BCUT2D eigenvalue weighted by Crippen LogP contribution is -2.44. The molecule has 0 aliphatic carbocycles. The summed E-state index contributed by atoms with van der Waals surface area (Å²) in [5.41, 5.74) is 0.479. The minimum absolute atomic E-state index is 0.189. The molecule has 0 saturated heterocycles. The molecule has 94 valence electrons. The van der Waals surface area contributed by atoms with Crippen LogP contribution in [0, 0.1) is 0 Å². The number of hydrogen-bond donors (Lipinski definition) is 2. The average molecular weight is 257 g/mol. The molecule has 0 saturated carbocycles. The Morgan fingerprint density at radius 3 is 2.76 bits per heavy atom. The van der Waals surface area contributed by atoms with Gasteiger partial charge in [0.1, 0.15) is 11.0 Å². The van der Waals surface area contributed by atoms with Crippen molar-refractivity contribution in [2.45, 2.75) is 23.1 Å². The van der Waals surface area contributed by atoms with Crippen molar-refractivity contribution in [1.82, 2.24) is 0 Å². The van der Waals surface area contributed by atoms with Gasteiger partial charge in [0.15, 0.2) is 9.84 Å². The zero-order chi connectivity index (χ0) is 12.6. The lowest BCUT2D eigenvalue weighted by molar-refractivity contribution is 0.281. The first-order valence-corrected chi connectivity index (χ1v) is 6.85. The summed E-state index contributed by atoms with van der Waals surface area (Å²) in [6, 6.07) is 4.50. The van der Waals surface area contributed by atoms with E-state index < -0.39 is 21.7 Å². The molecule has 2 unspecified atom stereocenters. The third-order valence-corrected chi connectivity index (χ3v) is 5.33. The highest BCUT2D eigenvalue weighted by Crippen LogP contribution is 2.38. The molecule has 0 fully saturated rings. The number of sulfone groups is 1. The van der Waals surface area contributed by atoms with Crippen LogP contribution in [0.4, 0.5) is 5.69 Å². The highest BCUT2D eigenvalue weighted by Gasteiger charge is 2.39. The molecule has 0 aromatic heterocycles. The Balaban J connectivity index is 2.65. The van der Waals surface area contributed by atoms with Crippen LogP contribution in [0.3, 0.4) is 0 Å². The fourth-order valence-corrected chi connectivity index (χ4v) is 3.91. The van der Waals surface area contributed by atoms with Gasteiger partial charge < -0.3 is 15.2 Å². The zero-order valence-corrected chi connectivity index (χ0v) is 10.5. The Hall–Kier alpha value is -1.27. The number of methoxy groups -OCH3 is 1.